The SMILES string of the molecule is COc1cc2nc(N3CCN(C(=O)c4nccs4)CC3)nc(N)c2cc1OC.Cl. The van der Waals surface area contributed by atoms with Crippen LogP contribution in [0.2, 0.25) is 0 Å². The first kappa shape index (κ1) is 20.9. The molecule has 2 aromatic heterocycles. The molecule has 3 aromatic rings. The lowest BCUT2D eigenvalue weighted by molar-refractivity contribution is 0.0746. The van der Waals surface area contributed by atoms with Crippen molar-refractivity contribution in [2.45, 2.75) is 0 Å². The molecule has 11 heteroatoms. The number of carbonyl (C=O) groups is 1. The van der Waals surface area contributed by atoms with Gasteiger partial charge in [-0.3, -0.25) is 4.79 Å². The van der Waals surface area contributed by atoms with Crippen LogP contribution in [0.15, 0.2) is 23.7 Å². The van der Waals surface area contributed by atoms with E-state index in [-0.39, 0.29) is 18.3 Å². The average molecular weight is 437 g/mol. The van der Waals surface area contributed by atoms with E-state index in [0.717, 1.165) is 0 Å². The van der Waals surface area contributed by atoms with Gasteiger partial charge in [-0.2, -0.15) is 4.98 Å². The molecule has 29 heavy (non-hydrogen) atoms. The monoisotopic (exact) mass is 436 g/mol. The number of nitrogen functional groups attached to an aromatic ring is 1. The third-order valence-corrected chi connectivity index (χ3v) is 5.44. The Balaban J connectivity index is 0.00000240. The lowest BCUT2D eigenvalue weighted by Crippen LogP contribution is -2.49. The second kappa shape index (κ2) is 8.66. The highest BCUT2D eigenvalue weighted by molar-refractivity contribution is 7.11. The number of fused-ring (bicyclic) bond motifs is 1. The van der Waals surface area contributed by atoms with Crippen molar-refractivity contribution in [3.05, 3.63) is 28.7 Å². The van der Waals surface area contributed by atoms with Gasteiger partial charge in [0.2, 0.25) is 5.95 Å². The molecular formula is C18H21ClN6O3S. The number of aromatic nitrogens is 3. The highest BCUT2D eigenvalue weighted by Gasteiger charge is 2.25. The Kier molecular flexibility index (Phi) is 6.23. The van der Waals surface area contributed by atoms with Gasteiger partial charge in [-0.05, 0) is 6.07 Å². The number of hydrogen-bond donors (Lipinski definition) is 1. The average Bonchev–Trinajstić information content (AvgIpc) is 3.27. The predicted octanol–water partition coefficient (Wildman–Crippen LogP) is 2.07. The first-order valence-electron chi connectivity index (χ1n) is 8.73. The number of benzene rings is 1. The van der Waals surface area contributed by atoms with Crippen LogP contribution in [0.3, 0.4) is 0 Å². The molecule has 9 nitrogen and oxygen atoms in total. The van der Waals surface area contributed by atoms with Crippen LogP contribution >= 0.6 is 23.7 Å². The van der Waals surface area contributed by atoms with Crippen molar-refractivity contribution in [1.82, 2.24) is 19.9 Å². The van der Waals surface area contributed by atoms with Gasteiger partial charge >= 0.3 is 0 Å². The molecule has 1 aromatic carbocycles. The third kappa shape index (κ3) is 3.99. The molecule has 1 amide bonds. The number of anilines is 2. The molecular weight excluding hydrogens is 416 g/mol. The van der Waals surface area contributed by atoms with Gasteiger partial charge in [0.25, 0.3) is 5.91 Å². The topological polar surface area (TPSA) is 107 Å². The van der Waals surface area contributed by atoms with Crippen LogP contribution in [0.1, 0.15) is 9.80 Å². The number of thiazole rings is 1. The van der Waals surface area contributed by atoms with Gasteiger partial charge in [0.1, 0.15) is 5.82 Å². The number of methoxy groups -OCH3 is 2. The van der Waals surface area contributed by atoms with Crippen LogP contribution < -0.4 is 20.1 Å². The van der Waals surface area contributed by atoms with Gasteiger partial charge < -0.3 is 25.0 Å². The fourth-order valence-corrected chi connectivity index (χ4v) is 3.78. The molecule has 1 aliphatic heterocycles. The lowest BCUT2D eigenvalue weighted by Gasteiger charge is -2.34. The number of nitrogens with two attached hydrogens (primary N) is 1. The molecule has 0 bridgehead atoms. The van der Waals surface area contributed by atoms with Crippen LogP contribution in [0.4, 0.5) is 11.8 Å². The first-order valence-corrected chi connectivity index (χ1v) is 9.61. The van der Waals surface area contributed by atoms with E-state index in [0.29, 0.717) is 65.4 Å². The second-order valence-corrected chi connectivity index (χ2v) is 7.14. The lowest BCUT2D eigenvalue weighted by atomic mass is 10.2. The smallest absolute Gasteiger partial charge is 0.282 e. The van der Waals surface area contributed by atoms with E-state index in [1.807, 2.05) is 4.90 Å². The summed E-state index contributed by atoms with van der Waals surface area (Å²) in [6.07, 6.45) is 1.64. The van der Waals surface area contributed by atoms with Crippen molar-refractivity contribution >= 4 is 52.3 Å². The molecule has 0 saturated carbocycles. The molecule has 154 valence electrons. The zero-order chi connectivity index (χ0) is 19.7. The number of halogens is 1. The Morgan fingerprint density at radius 3 is 2.41 bits per heavy atom. The minimum atomic E-state index is -0.0366. The van der Waals surface area contributed by atoms with Crippen molar-refractivity contribution in [2.24, 2.45) is 0 Å². The van der Waals surface area contributed by atoms with Crippen LogP contribution in [0.25, 0.3) is 10.9 Å². The summed E-state index contributed by atoms with van der Waals surface area (Å²) >= 11 is 1.35. The quantitative estimate of drug-likeness (QED) is 0.662. The molecule has 1 fully saturated rings. The Bertz CT molecular complexity index is 1010. The summed E-state index contributed by atoms with van der Waals surface area (Å²) in [6.45, 7) is 2.39. The highest BCUT2D eigenvalue weighted by atomic mass is 35.5. The summed E-state index contributed by atoms with van der Waals surface area (Å²) in [7, 11) is 3.15. The largest absolute Gasteiger partial charge is 0.493 e. The minimum absolute atomic E-state index is 0. The maximum atomic E-state index is 12.4. The summed E-state index contributed by atoms with van der Waals surface area (Å²) in [5.74, 6) is 2.04. The Morgan fingerprint density at radius 2 is 1.79 bits per heavy atom. The number of hydrogen-bond acceptors (Lipinski definition) is 9. The van der Waals surface area contributed by atoms with Gasteiger partial charge in [-0.1, -0.05) is 0 Å². The number of rotatable bonds is 4. The van der Waals surface area contributed by atoms with Gasteiger partial charge in [0, 0.05) is 49.2 Å². The number of ether oxygens (including phenoxy) is 2. The molecule has 0 atom stereocenters. The van der Waals surface area contributed by atoms with E-state index in [1.165, 1.54) is 11.3 Å². The molecule has 4 rings (SSSR count). The zero-order valence-corrected chi connectivity index (χ0v) is 17.6. The molecule has 0 radical (unpaired) electrons. The highest BCUT2D eigenvalue weighted by Crippen LogP contribution is 2.34. The van der Waals surface area contributed by atoms with Gasteiger partial charge in [0.15, 0.2) is 16.5 Å². The van der Waals surface area contributed by atoms with Gasteiger partial charge in [-0.15, -0.1) is 23.7 Å². The van der Waals surface area contributed by atoms with E-state index in [2.05, 4.69) is 15.0 Å². The van der Waals surface area contributed by atoms with Crippen LogP contribution in [0, 0.1) is 0 Å². The fourth-order valence-electron chi connectivity index (χ4n) is 3.18. The molecule has 1 aliphatic rings. The third-order valence-electron chi connectivity index (χ3n) is 4.68. The molecule has 3 heterocycles. The molecule has 0 unspecified atom stereocenters. The van der Waals surface area contributed by atoms with E-state index >= 15 is 0 Å². The molecule has 2 N–H and O–H groups in total. The van der Waals surface area contributed by atoms with Crippen molar-refractivity contribution in [1.29, 1.82) is 0 Å². The van der Waals surface area contributed by atoms with E-state index < -0.39 is 0 Å². The number of amides is 1. The molecule has 0 aliphatic carbocycles. The number of carbonyl (C=O) groups excluding carboxylic acids is 1. The number of nitrogens with zero attached hydrogens (tertiary/aromatic N) is 5. The van der Waals surface area contributed by atoms with E-state index in [9.17, 15) is 4.79 Å². The molecule has 1 saturated heterocycles. The van der Waals surface area contributed by atoms with Crippen molar-refractivity contribution in [3.8, 4) is 11.5 Å². The summed E-state index contributed by atoms with van der Waals surface area (Å²) in [5, 5.41) is 3.03. The summed E-state index contributed by atoms with van der Waals surface area (Å²) < 4.78 is 10.7. The Labute approximate surface area is 177 Å². The fraction of sp³-hybridized carbons (Fsp3) is 0.333. The van der Waals surface area contributed by atoms with Crippen LogP contribution in [0.5, 0.6) is 11.5 Å². The zero-order valence-electron chi connectivity index (χ0n) is 16.0. The Morgan fingerprint density at radius 1 is 1.10 bits per heavy atom. The second-order valence-electron chi connectivity index (χ2n) is 6.25. The minimum Gasteiger partial charge on any atom is -0.493 e. The van der Waals surface area contributed by atoms with Crippen LogP contribution in [-0.2, 0) is 0 Å². The van der Waals surface area contributed by atoms with Crippen LogP contribution in [-0.4, -0.2) is 66.2 Å². The van der Waals surface area contributed by atoms with Gasteiger partial charge in [-0.25, -0.2) is 9.97 Å². The van der Waals surface area contributed by atoms with Crippen molar-refractivity contribution < 1.29 is 14.3 Å². The maximum Gasteiger partial charge on any atom is 0.282 e. The standard InChI is InChI=1S/C18H20N6O3S.ClH/c1-26-13-9-11-12(10-14(13)27-2)21-18(22-15(11)19)24-6-4-23(5-7-24)17(25)16-20-3-8-28-16;/h3,8-10H,4-7H2,1-2H3,(H2,19,21,22);1H. The molecule has 0 spiro atoms. The number of piperazine rings is 1. The van der Waals surface area contributed by atoms with E-state index in [4.69, 9.17) is 15.2 Å². The Hall–Kier alpha value is -2.85. The van der Waals surface area contributed by atoms with Gasteiger partial charge in [0.05, 0.1) is 19.7 Å². The first-order chi connectivity index (χ1) is 13.6. The van der Waals surface area contributed by atoms with E-state index in [1.54, 1.807) is 42.8 Å². The summed E-state index contributed by atoms with van der Waals surface area (Å²) in [5.41, 5.74) is 6.85. The predicted molar refractivity (Wildman–Crippen MR) is 115 cm³/mol. The van der Waals surface area contributed by atoms with Crippen molar-refractivity contribution in [2.75, 3.05) is 51.0 Å². The maximum absolute atomic E-state index is 12.4. The van der Waals surface area contributed by atoms with Crippen molar-refractivity contribution in [3.63, 3.8) is 0 Å². The summed E-state index contributed by atoms with van der Waals surface area (Å²) in [4.78, 5) is 29.5. The normalized spacial score (nSPS) is 13.9. The summed E-state index contributed by atoms with van der Waals surface area (Å²) in [6, 6.07) is 3.57.